The molecule has 2 rings (SSSR count). The van der Waals surface area contributed by atoms with E-state index < -0.39 is 23.0 Å². The van der Waals surface area contributed by atoms with Crippen LogP contribution in [0.2, 0.25) is 0 Å². The van der Waals surface area contributed by atoms with Crippen molar-refractivity contribution in [3.05, 3.63) is 0 Å². The van der Waals surface area contributed by atoms with Crippen LogP contribution in [-0.2, 0) is 9.59 Å². The molecule has 6 nitrogen and oxygen atoms in total. The number of carbonyl (C=O) groups is 3. The summed E-state index contributed by atoms with van der Waals surface area (Å²) < 4.78 is 0. The number of imide groups is 1. The van der Waals surface area contributed by atoms with Crippen LogP contribution in [0, 0.1) is 18.3 Å². The summed E-state index contributed by atoms with van der Waals surface area (Å²) in [5, 5.41) is 5.65. The monoisotopic (exact) mass is 333 g/mol. The summed E-state index contributed by atoms with van der Waals surface area (Å²) in [6, 6.07) is -0.483. The number of hydrogen-bond donors (Lipinski definition) is 2. The highest BCUT2D eigenvalue weighted by molar-refractivity contribution is 6.09. The lowest BCUT2D eigenvalue weighted by atomic mass is 9.73. The van der Waals surface area contributed by atoms with Crippen LogP contribution in [0.5, 0.6) is 0 Å². The molecule has 0 aromatic heterocycles. The van der Waals surface area contributed by atoms with Gasteiger partial charge in [-0.15, -0.1) is 6.42 Å². The molecule has 1 aliphatic heterocycles. The SMILES string of the molecule is C#CC(CC)(CC)NC(=O)CN1C(=O)NC2(CCCCC2C)C1=O. The van der Waals surface area contributed by atoms with Gasteiger partial charge in [-0.25, -0.2) is 4.79 Å². The maximum atomic E-state index is 12.8. The Morgan fingerprint density at radius 3 is 2.62 bits per heavy atom. The predicted molar refractivity (Wildman–Crippen MR) is 90.9 cm³/mol. The third kappa shape index (κ3) is 3.00. The van der Waals surface area contributed by atoms with Gasteiger partial charge in [0.25, 0.3) is 5.91 Å². The van der Waals surface area contributed by atoms with Gasteiger partial charge in [0.1, 0.15) is 17.6 Å². The number of hydrogen-bond acceptors (Lipinski definition) is 3. The average Bonchev–Trinajstić information content (AvgIpc) is 2.81. The Balaban J connectivity index is 2.10. The molecular formula is C18H27N3O3. The highest BCUT2D eigenvalue weighted by atomic mass is 16.2. The zero-order valence-corrected chi connectivity index (χ0v) is 14.8. The molecule has 0 bridgehead atoms. The summed E-state index contributed by atoms with van der Waals surface area (Å²) in [4.78, 5) is 38.5. The Morgan fingerprint density at radius 2 is 2.08 bits per heavy atom. The first kappa shape index (κ1) is 18.3. The minimum Gasteiger partial charge on any atom is -0.338 e. The fraction of sp³-hybridized carbons (Fsp3) is 0.722. The van der Waals surface area contributed by atoms with E-state index >= 15 is 0 Å². The van der Waals surface area contributed by atoms with Gasteiger partial charge in [-0.05, 0) is 31.6 Å². The molecule has 0 radical (unpaired) electrons. The average molecular weight is 333 g/mol. The van der Waals surface area contributed by atoms with Crippen molar-refractivity contribution in [3.8, 4) is 12.3 Å². The first-order valence-corrected chi connectivity index (χ1v) is 8.77. The lowest BCUT2D eigenvalue weighted by Crippen LogP contribution is -2.54. The topological polar surface area (TPSA) is 78.5 Å². The molecule has 1 aliphatic carbocycles. The Morgan fingerprint density at radius 1 is 1.42 bits per heavy atom. The normalized spacial score (nSPS) is 27.1. The molecule has 2 aliphatic rings. The van der Waals surface area contributed by atoms with Crippen LogP contribution in [0.25, 0.3) is 0 Å². The zero-order valence-electron chi connectivity index (χ0n) is 14.8. The standard InChI is InChI=1S/C18H27N3O3/c1-5-17(6-2,7-3)19-14(22)12-21-15(23)18(20-16(21)24)11-9-8-10-13(18)4/h1,13H,6-12H2,2-4H3,(H,19,22)(H,20,24). The van der Waals surface area contributed by atoms with E-state index in [4.69, 9.17) is 6.42 Å². The van der Waals surface area contributed by atoms with Crippen molar-refractivity contribution in [2.45, 2.75) is 70.4 Å². The number of terminal acetylenes is 1. The molecule has 1 saturated heterocycles. The Labute approximate surface area is 143 Å². The second-order valence-electron chi connectivity index (χ2n) is 6.92. The van der Waals surface area contributed by atoms with E-state index in [0.717, 1.165) is 24.2 Å². The highest BCUT2D eigenvalue weighted by Crippen LogP contribution is 2.38. The summed E-state index contributed by atoms with van der Waals surface area (Å²) in [5.41, 5.74) is -1.57. The van der Waals surface area contributed by atoms with Crippen molar-refractivity contribution in [2.75, 3.05) is 6.54 Å². The number of urea groups is 1. The van der Waals surface area contributed by atoms with Crippen molar-refractivity contribution in [1.82, 2.24) is 15.5 Å². The van der Waals surface area contributed by atoms with Gasteiger partial charge in [0.15, 0.2) is 0 Å². The summed E-state index contributed by atoms with van der Waals surface area (Å²) in [5.74, 6) is 2.01. The lowest BCUT2D eigenvalue weighted by molar-refractivity contribution is -0.137. The Kier molecular flexibility index (Phi) is 5.22. The van der Waals surface area contributed by atoms with E-state index in [2.05, 4.69) is 16.6 Å². The van der Waals surface area contributed by atoms with Crippen molar-refractivity contribution in [2.24, 2.45) is 5.92 Å². The minimum atomic E-state index is -0.839. The van der Waals surface area contributed by atoms with E-state index in [1.807, 2.05) is 20.8 Å². The van der Waals surface area contributed by atoms with Crippen molar-refractivity contribution in [3.63, 3.8) is 0 Å². The number of amides is 4. The fourth-order valence-corrected chi connectivity index (χ4v) is 3.76. The van der Waals surface area contributed by atoms with E-state index in [9.17, 15) is 14.4 Å². The molecule has 0 aromatic rings. The van der Waals surface area contributed by atoms with Crippen molar-refractivity contribution >= 4 is 17.8 Å². The molecular weight excluding hydrogens is 306 g/mol. The van der Waals surface area contributed by atoms with Crippen LogP contribution < -0.4 is 10.6 Å². The molecule has 1 heterocycles. The molecule has 6 heteroatoms. The third-order valence-corrected chi connectivity index (χ3v) is 5.67. The molecule has 2 unspecified atom stereocenters. The number of carbonyl (C=O) groups excluding carboxylic acids is 3. The predicted octanol–water partition coefficient (Wildman–Crippen LogP) is 1.80. The molecule has 1 spiro atoms. The first-order valence-electron chi connectivity index (χ1n) is 8.77. The van der Waals surface area contributed by atoms with E-state index in [-0.39, 0.29) is 18.4 Å². The van der Waals surface area contributed by atoms with Gasteiger partial charge in [-0.3, -0.25) is 14.5 Å². The van der Waals surface area contributed by atoms with Gasteiger partial charge >= 0.3 is 6.03 Å². The van der Waals surface area contributed by atoms with Crippen LogP contribution in [-0.4, -0.2) is 40.4 Å². The molecule has 2 atom stereocenters. The largest absolute Gasteiger partial charge is 0.338 e. The summed E-state index contributed by atoms with van der Waals surface area (Å²) >= 11 is 0. The molecule has 24 heavy (non-hydrogen) atoms. The van der Waals surface area contributed by atoms with Gasteiger partial charge in [0.05, 0.1) is 0 Å². The van der Waals surface area contributed by atoms with Crippen LogP contribution >= 0.6 is 0 Å². The van der Waals surface area contributed by atoms with Crippen LogP contribution in [0.3, 0.4) is 0 Å². The first-order chi connectivity index (χ1) is 11.3. The lowest BCUT2D eigenvalue weighted by Gasteiger charge is -2.36. The maximum Gasteiger partial charge on any atom is 0.325 e. The van der Waals surface area contributed by atoms with E-state index in [1.165, 1.54) is 0 Å². The quantitative estimate of drug-likeness (QED) is 0.595. The van der Waals surface area contributed by atoms with Crippen molar-refractivity contribution < 1.29 is 14.4 Å². The number of nitrogens with zero attached hydrogens (tertiary/aromatic N) is 1. The van der Waals surface area contributed by atoms with Gasteiger partial charge < -0.3 is 10.6 Å². The number of nitrogens with one attached hydrogen (secondary N) is 2. The third-order valence-electron chi connectivity index (χ3n) is 5.67. The Hall–Kier alpha value is -2.03. The summed E-state index contributed by atoms with van der Waals surface area (Å²) in [6.45, 7) is 5.49. The van der Waals surface area contributed by atoms with Gasteiger partial charge in [0, 0.05) is 0 Å². The smallest absolute Gasteiger partial charge is 0.325 e. The maximum absolute atomic E-state index is 12.8. The highest BCUT2D eigenvalue weighted by Gasteiger charge is 2.55. The van der Waals surface area contributed by atoms with Crippen LogP contribution in [0.4, 0.5) is 4.79 Å². The molecule has 2 N–H and O–H groups in total. The van der Waals surface area contributed by atoms with Gasteiger partial charge in [-0.1, -0.05) is 39.5 Å². The molecule has 0 aromatic carbocycles. The van der Waals surface area contributed by atoms with Gasteiger partial charge in [0.2, 0.25) is 5.91 Å². The Bertz CT molecular complexity index is 577. The van der Waals surface area contributed by atoms with Crippen LogP contribution in [0.1, 0.15) is 59.3 Å². The second-order valence-corrected chi connectivity index (χ2v) is 6.92. The molecule has 4 amide bonds. The van der Waals surface area contributed by atoms with E-state index in [1.54, 1.807) is 0 Å². The molecule has 2 fully saturated rings. The van der Waals surface area contributed by atoms with Crippen LogP contribution in [0.15, 0.2) is 0 Å². The van der Waals surface area contributed by atoms with Gasteiger partial charge in [-0.2, -0.15) is 0 Å². The second kappa shape index (κ2) is 6.84. The minimum absolute atomic E-state index is 0.0758. The number of rotatable bonds is 5. The van der Waals surface area contributed by atoms with Crippen molar-refractivity contribution in [1.29, 1.82) is 0 Å². The molecule has 1 saturated carbocycles. The summed E-state index contributed by atoms with van der Waals surface area (Å²) in [7, 11) is 0. The zero-order chi connectivity index (χ0) is 18.0. The summed E-state index contributed by atoms with van der Waals surface area (Å²) in [6.07, 6.45) is 10.2. The fourth-order valence-electron chi connectivity index (χ4n) is 3.76. The van der Waals surface area contributed by atoms with E-state index in [0.29, 0.717) is 19.3 Å². The molecule has 132 valence electrons.